The van der Waals surface area contributed by atoms with Gasteiger partial charge >= 0.3 is 0 Å². The second-order valence-corrected chi connectivity index (χ2v) is 4.40. The zero-order valence-corrected chi connectivity index (χ0v) is 11.1. The molecule has 0 fully saturated rings. The van der Waals surface area contributed by atoms with Crippen molar-refractivity contribution in [3.8, 4) is 5.88 Å². The minimum atomic E-state index is 0.141. The number of hydrogen-bond donors (Lipinski definition) is 1. The maximum absolute atomic E-state index is 5.51. The predicted molar refractivity (Wildman–Crippen MR) is 70.4 cm³/mol. The van der Waals surface area contributed by atoms with Gasteiger partial charge in [-0.15, -0.1) is 0 Å². The fourth-order valence-corrected chi connectivity index (χ4v) is 1.51. The third-order valence-electron chi connectivity index (χ3n) is 2.33. The Morgan fingerprint density at radius 3 is 2.76 bits per heavy atom. The number of unbranched alkanes of at least 4 members (excludes halogenated alkanes) is 3. The third kappa shape index (κ3) is 6.09. The lowest BCUT2D eigenvalue weighted by atomic mass is 10.2. The number of ether oxygens (including phenoxy) is 1. The average Bonchev–Trinajstić information content (AvgIpc) is 2.28. The van der Waals surface area contributed by atoms with Gasteiger partial charge in [0.2, 0.25) is 5.88 Å². The first kappa shape index (κ1) is 13.7. The van der Waals surface area contributed by atoms with Crippen LogP contribution in [0.1, 0.15) is 46.5 Å². The number of aromatic nitrogens is 2. The highest BCUT2D eigenvalue weighted by atomic mass is 16.5. The number of nitrogens with zero attached hydrogens (tertiary/aromatic N) is 2. The maximum Gasteiger partial charge on any atom is 0.218 e. The van der Waals surface area contributed by atoms with Crippen molar-refractivity contribution in [3.63, 3.8) is 0 Å². The molecule has 4 heteroatoms. The van der Waals surface area contributed by atoms with Crippen LogP contribution in [0.4, 0.5) is 5.82 Å². The van der Waals surface area contributed by atoms with Crippen LogP contribution in [-0.2, 0) is 0 Å². The maximum atomic E-state index is 5.51. The van der Waals surface area contributed by atoms with Crippen molar-refractivity contribution in [2.24, 2.45) is 0 Å². The van der Waals surface area contributed by atoms with Crippen LogP contribution in [-0.4, -0.2) is 22.6 Å². The molecule has 0 bridgehead atoms. The molecule has 0 unspecified atom stereocenters. The minimum absolute atomic E-state index is 0.141. The van der Waals surface area contributed by atoms with E-state index in [1.165, 1.54) is 32.0 Å². The fraction of sp³-hybridized carbons (Fsp3) is 0.692. The Labute approximate surface area is 104 Å². The average molecular weight is 237 g/mol. The van der Waals surface area contributed by atoms with Gasteiger partial charge < -0.3 is 10.1 Å². The Balaban J connectivity index is 2.32. The van der Waals surface area contributed by atoms with Crippen molar-refractivity contribution in [2.45, 2.75) is 52.6 Å². The number of anilines is 1. The second kappa shape index (κ2) is 7.87. The third-order valence-corrected chi connectivity index (χ3v) is 2.33. The molecule has 1 aromatic heterocycles. The van der Waals surface area contributed by atoms with Crippen molar-refractivity contribution in [3.05, 3.63) is 12.4 Å². The van der Waals surface area contributed by atoms with E-state index in [1.807, 2.05) is 19.9 Å². The van der Waals surface area contributed by atoms with Crippen LogP contribution in [0.2, 0.25) is 0 Å². The summed E-state index contributed by atoms with van der Waals surface area (Å²) in [5.41, 5.74) is 0. The van der Waals surface area contributed by atoms with E-state index in [0.29, 0.717) is 5.88 Å². The standard InChI is InChI=1S/C13H23N3O/c1-4-5-6-7-8-14-12-9-13(16-10-15-12)17-11(2)3/h9-11H,4-8H2,1-3H3,(H,14,15,16). The molecule has 1 aromatic rings. The van der Waals surface area contributed by atoms with E-state index in [4.69, 9.17) is 4.74 Å². The molecule has 0 atom stereocenters. The lowest BCUT2D eigenvalue weighted by Gasteiger charge is -2.10. The summed E-state index contributed by atoms with van der Waals surface area (Å²) < 4.78 is 5.51. The monoisotopic (exact) mass is 237 g/mol. The molecular weight excluding hydrogens is 214 g/mol. The van der Waals surface area contributed by atoms with Crippen LogP contribution >= 0.6 is 0 Å². The lowest BCUT2D eigenvalue weighted by Crippen LogP contribution is -2.08. The molecule has 0 saturated carbocycles. The van der Waals surface area contributed by atoms with E-state index in [-0.39, 0.29) is 6.10 Å². The molecule has 0 aliphatic rings. The SMILES string of the molecule is CCCCCCNc1cc(OC(C)C)ncn1. The van der Waals surface area contributed by atoms with Crippen molar-refractivity contribution in [1.29, 1.82) is 0 Å². The first-order valence-electron chi connectivity index (χ1n) is 6.45. The fourth-order valence-electron chi connectivity index (χ4n) is 1.51. The van der Waals surface area contributed by atoms with E-state index < -0.39 is 0 Å². The summed E-state index contributed by atoms with van der Waals surface area (Å²) in [6, 6.07) is 1.85. The molecule has 0 aliphatic carbocycles. The smallest absolute Gasteiger partial charge is 0.218 e. The molecule has 17 heavy (non-hydrogen) atoms. The van der Waals surface area contributed by atoms with Crippen LogP contribution in [0.25, 0.3) is 0 Å². The minimum Gasteiger partial charge on any atom is -0.475 e. The molecular formula is C13H23N3O. The largest absolute Gasteiger partial charge is 0.475 e. The zero-order chi connectivity index (χ0) is 12.5. The first-order valence-corrected chi connectivity index (χ1v) is 6.45. The van der Waals surface area contributed by atoms with Gasteiger partial charge in [0.25, 0.3) is 0 Å². The number of hydrogen-bond acceptors (Lipinski definition) is 4. The number of rotatable bonds is 8. The molecule has 0 saturated heterocycles. The summed E-state index contributed by atoms with van der Waals surface area (Å²) in [4.78, 5) is 8.23. The summed E-state index contributed by atoms with van der Waals surface area (Å²) in [5.74, 6) is 1.47. The summed E-state index contributed by atoms with van der Waals surface area (Å²) >= 11 is 0. The Hall–Kier alpha value is -1.32. The highest BCUT2D eigenvalue weighted by molar-refractivity contribution is 5.36. The highest BCUT2D eigenvalue weighted by Gasteiger charge is 2.01. The highest BCUT2D eigenvalue weighted by Crippen LogP contribution is 2.12. The van der Waals surface area contributed by atoms with E-state index in [1.54, 1.807) is 0 Å². The normalized spacial score (nSPS) is 10.6. The van der Waals surface area contributed by atoms with Gasteiger partial charge in [-0.3, -0.25) is 0 Å². The van der Waals surface area contributed by atoms with Gasteiger partial charge in [-0.25, -0.2) is 9.97 Å². The quantitative estimate of drug-likeness (QED) is 0.705. The predicted octanol–water partition coefficient (Wildman–Crippen LogP) is 3.26. The van der Waals surface area contributed by atoms with Gasteiger partial charge in [0.05, 0.1) is 6.10 Å². The number of nitrogens with one attached hydrogen (secondary N) is 1. The Kier molecular flexibility index (Phi) is 6.37. The molecule has 4 nitrogen and oxygen atoms in total. The summed E-state index contributed by atoms with van der Waals surface area (Å²) in [7, 11) is 0. The molecule has 0 aromatic carbocycles. The van der Waals surface area contributed by atoms with Crippen molar-refractivity contribution >= 4 is 5.82 Å². The summed E-state index contributed by atoms with van der Waals surface area (Å²) in [5, 5.41) is 3.29. The van der Waals surface area contributed by atoms with E-state index in [0.717, 1.165) is 12.4 Å². The molecule has 0 amide bonds. The van der Waals surface area contributed by atoms with Gasteiger partial charge in [-0.1, -0.05) is 26.2 Å². The van der Waals surface area contributed by atoms with Crippen LogP contribution in [0, 0.1) is 0 Å². The summed E-state index contributed by atoms with van der Waals surface area (Å²) in [6.07, 6.45) is 6.68. The Morgan fingerprint density at radius 2 is 2.06 bits per heavy atom. The van der Waals surface area contributed by atoms with Gasteiger partial charge in [-0.05, 0) is 20.3 Å². The van der Waals surface area contributed by atoms with Crippen molar-refractivity contribution in [2.75, 3.05) is 11.9 Å². The Morgan fingerprint density at radius 1 is 1.24 bits per heavy atom. The van der Waals surface area contributed by atoms with Crippen LogP contribution < -0.4 is 10.1 Å². The first-order chi connectivity index (χ1) is 8.22. The van der Waals surface area contributed by atoms with Crippen molar-refractivity contribution < 1.29 is 4.74 Å². The van der Waals surface area contributed by atoms with Crippen molar-refractivity contribution in [1.82, 2.24) is 9.97 Å². The van der Waals surface area contributed by atoms with E-state index in [2.05, 4.69) is 22.2 Å². The molecule has 0 spiro atoms. The molecule has 96 valence electrons. The van der Waals surface area contributed by atoms with Crippen LogP contribution in [0.5, 0.6) is 5.88 Å². The molecule has 1 rings (SSSR count). The van der Waals surface area contributed by atoms with Gasteiger partial charge in [0, 0.05) is 12.6 Å². The van der Waals surface area contributed by atoms with Crippen LogP contribution in [0.3, 0.4) is 0 Å². The lowest BCUT2D eigenvalue weighted by molar-refractivity contribution is 0.232. The second-order valence-electron chi connectivity index (χ2n) is 4.40. The van der Waals surface area contributed by atoms with Gasteiger partial charge in [0.1, 0.15) is 12.1 Å². The van der Waals surface area contributed by atoms with Gasteiger partial charge in [-0.2, -0.15) is 0 Å². The molecule has 1 heterocycles. The molecule has 0 radical (unpaired) electrons. The van der Waals surface area contributed by atoms with E-state index in [9.17, 15) is 0 Å². The summed E-state index contributed by atoms with van der Waals surface area (Å²) in [6.45, 7) is 7.14. The topological polar surface area (TPSA) is 47.0 Å². The zero-order valence-electron chi connectivity index (χ0n) is 11.1. The Bertz CT molecular complexity index is 315. The van der Waals surface area contributed by atoms with E-state index >= 15 is 0 Å². The molecule has 1 N–H and O–H groups in total. The van der Waals surface area contributed by atoms with Gasteiger partial charge in [0.15, 0.2) is 0 Å². The molecule has 0 aliphatic heterocycles. The van der Waals surface area contributed by atoms with Crippen LogP contribution in [0.15, 0.2) is 12.4 Å².